The molecule has 2 aromatic heterocycles. The highest BCUT2D eigenvalue weighted by atomic mass is 16.5. The van der Waals surface area contributed by atoms with Crippen LogP contribution in [0.3, 0.4) is 0 Å². The van der Waals surface area contributed by atoms with Crippen LogP contribution in [-0.2, 0) is 19.5 Å². The number of aromatic nitrogens is 3. The Morgan fingerprint density at radius 3 is 2.93 bits per heavy atom. The Bertz CT molecular complexity index is 1180. The van der Waals surface area contributed by atoms with Crippen molar-refractivity contribution in [2.45, 2.75) is 25.9 Å². The largest absolute Gasteiger partial charge is 0.496 e. The van der Waals surface area contributed by atoms with Gasteiger partial charge in [-0.25, -0.2) is 14.3 Å². The number of oxazole rings is 1. The molecule has 1 aromatic carbocycles. The number of para-hydroxylation sites is 1. The van der Waals surface area contributed by atoms with Crippen molar-refractivity contribution < 1.29 is 9.15 Å². The van der Waals surface area contributed by atoms with E-state index in [4.69, 9.17) is 9.15 Å². The van der Waals surface area contributed by atoms with Gasteiger partial charge in [0.05, 0.1) is 18.9 Å². The summed E-state index contributed by atoms with van der Waals surface area (Å²) in [5, 5.41) is 9.34. The number of hydrogen-bond acceptors (Lipinski definition) is 6. The van der Waals surface area contributed by atoms with Gasteiger partial charge in [-0.15, -0.1) is 0 Å². The fourth-order valence-electron chi connectivity index (χ4n) is 3.38. The van der Waals surface area contributed by atoms with Crippen molar-refractivity contribution in [2.75, 3.05) is 7.11 Å². The number of ether oxygens (including phenoxy) is 1. The Hall–Kier alpha value is -3.60. The highest BCUT2D eigenvalue weighted by Crippen LogP contribution is 2.30. The zero-order chi connectivity index (χ0) is 19.0. The van der Waals surface area contributed by atoms with Crippen LogP contribution in [0.15, 0.2) is 44.5 Å². The fourth-order valence-corrected chi connectivity index (χ4v) is 3.38. The molecule has 0 saturated heterocycles. The van der Waals surface area contributed by atoms with Crippen molar-refractivity contribution in [1.82, 2.24) is 14.1 Å². The molecule has 0 saturated carbocycles. The fraction of sp³-hybridized carbons (Fsp3) is 0.263. The standard InChI is InChI=1S/C19H16N4O4/c1-26-15-7-3-2-5-12(15)16-10-21-17(27-16)11-23-18(24)13(9-20)14-6-4-8-22(14)19(23)25/h2-3,5,7,10H,4,6,8,11H2,1H3. The second-order valence-electron chi connectivity index (χ2n) is 6.18. The third kappa shape index (κ3) is 2.73. The van der Waals surface area contributed by atoms with Gasteiger partial charge in [0.25, 0.3) is 5.56 Å². The first-order chi connectivity index (χ1) is 13.1. The quantitative estimate of drug-likeness (QED) is 0.696. The van der Waals surface area contributed by atoms with E-state index in [2.05, 4.69) is 4.98 Å². The summed E-state index contributed by atoms with van der Waals surface area (Å²) in [5.74, 6) is 1.30. The molecule has 0 unspecified atom stereocenters. The molecule has 4 rings (SSSR count). The molecule has 1 aliphatic heterocycles. The molecule has 3 heterocycles. The molecule has 8 nitrogen and oxygen atoms in total. The van der Waals surface area contributed by atoms with Crippen LogP contribution in [0.2, 0.25) is 0 Å². The van der Waals surface area contributed by atoms with E-state index in [1.807, 2.05) is 24.3 Å². The van der Waals surface area contributed by atoms with E-state index in [1.165, 1.54) is 10.8 Å². The lowest BCUT2D eigenvalue weighted by Gasteiger charge is -2.09. The van der Waals surface area contributed by atoms with Crippen molar-refractivity contribution in [3.8, 4) is 23.1 Å². The van der Waals surface area contributed by atoms with Gasteiger partial charge in [0.15, 0.2) is 5.76 Å². The Balaban J connectivity index is 1.75. The molecule has 136 valence electrons. The summed E-state index contributed by atoms with van der Waals surface area (Å²) in [4.78, 5) is 29.4. The smallest absolute Gasteiger partial charge is 0.331 e. The van der Waals surface area contributed by atoms with Crippen LogP contribution < -0.4 is 16.0 Å². The minimum atomic E-state index is -0.604. The van der Waals surface area contributed by atoms with E-state index >= 15 is 0 Å². The SMILES string of the molecule is COc1ccccc1-c1cnc(Cn2c(=O)c(C#N)c3n(c2=O)CCC3)o1. The number of fused-ring (bicyclic) bond motifs is 1. The van der Waals surface area contributed by atoms with Gasteiger partial charge in [-0.1, -0.05) is 12.1 Å². The van der Waals surface area contributed by atoms with E-state index in [0.29, 0.717) is 30.2 Å². The second kappa shape index (κ2) is 6.61. The van der Waals surface area contributed by atoms with Crippen LogP contribution in [-0.4, -0.2) is 21.2 Å². The zero-order valence-corrected chi connectivity index (χ0v) is 14.6. The van der Waals surface area contributed by atoms with Crippen LogP contribution in [0, 0.1) is 11.3 Å². The minimum Gasteiger partial charge on any atom is -0.496 e. The Morgan fingerprint density at radius 1 is 1.33 bits per heavy atom. The van der Waals surface area contributed by atoms with Crippen LogP contribution >= 0.6 is 0 Å². The van der Waals surface area contributed by atoms with Gasteiger partial charge in [-0.3, -0.25) is 9.36 Å². The van der Waals surface area contributed by atoms with Crippen molar-refractivity contribution in [3.63, 3.8) is 0 Å². The molecule has 0 amide bonds. The lowest BCUT2D eigenvalue weighted by atomic mass is 10.1. The lowest BCUT2D eigenvalue weighted by molar-refractivity contribution is 0.413. The maximum atomic E-state index is 12.7. The third-order valence-corrected chi connectivity index (χ3v) is 4.66. The highest BCUT2D eigenvalue weighted by molar-refractivity contribution is 5.64. The van der Waals surface area contributed by atoms with Gasteiger partial charge in [-0.05, 0) is 25.0 Å². The summed E-state index contributed by atoms with van der Waals surface area (Å²) >= 11 is 0. The van der Waals surface area contributed by atoms with Crippen LogP contribution in [0.4, 0.5) is 0 Å². The van der Waals surface area contributed by atoms with Gasteiger partial charge in [0.2, 0.25) is 5.89 Å². The molecule has 0 aliphatic carbocycles. The van der Waals surface area contributed by atoms with E-state index in [0.717, 1.165) is 16.6 Å². The monoisotopic (exact) mass is 364 g/mol. The van der Waals surface area contributed by atoms with Crippen LogP contribution in [0.5, 0.6) is 5.75 Å². The lowest BCUT2D eigenvalue weighted by Crippen LogP contribution is -2.42. The number of benzene rings is 1. The first kappa shape index (κ1) is 16.8. The molecule has 1 aliphatic rings. The van der Waals surface area contributed by atoms with Gasteiger partial charge in [0, 0.05) is 12.2 Å². The van der Waals surface area contributed by atoms with Gasteiger partial charge < -0.3 is 9.15 Å². The predicted molar refractivity (Wildman–Crippen MR) is 95.6 cm³/mol. The van der Waals surface area contributed by atoms with E-state index < -0.39 is 11.2 Å². The maximum absolute atomic E-state index is 12.7. The number of methoxy groups -OCH3 is 1. The number of nitrogens with zero attached hydrogens (tertiary/aromatic N) is 4. The van der Waals surface area contributed by atoms with Gasteiger partial charge in [0.1, 0.15) is 23.9 Å². The van der Waals surface area contributed by atoms with Gasteiger partial charge in [-0.2, -0.15) is 5.26 Å². The topological polar surface area (TPSA) is 103 Å². The predicted octanol–water partition coefficient (Wildman–Crippen LogP) is 1.54. The summed E-state index contributed by atoms with van der Waals surface area (Å²) in [5.41, 5.74) is 0.209. The molecular weight excluding hydrogens is 348 g/mol. The van der Waals surface area contributed by atoms with E-state index in [9.17, 15) is 14.9 Å². The summed E-state index contributed by atoms with van der Waals surface area (Å²) in [7, 11) is 1.56. The Labute approximate surface area is 153 Å². The molecule has 0 N–H and O–H groups in total. The summed E-state index contributed by atoms with van der Waals surface area (Å²) in [6.45, 7) is 0.364. The van der Waals surface area contributed by atoms with Crippen molar-refractivity contribution in [3.05, 3.63) is 68.4 Å². The number of rotatable bonds is 4. The van der Waals surface area contributed by atoms with Gasteiger partial charge >= 0.3 is 5.69 Å². The normalized spacial score (nSPS) is 12.6. The molecule has 27 heavy (non-hydrogen) atoms. The number of nitriles is 1. The zero-order valence-electron chi connectivity index (χ0n) is 14.6. The average Bonchev–Trinajstić information content (AvgIpc) is 3.35. The third-order valence-electron chi connectivity index (χ3n) is 4.66. The molecule has 0 spiro atoms. The average molecular weight is 364 g/mol. The minimum absolute atomic E-state index is 0.0172. The summed E-state index contributed by atoms with van der Waals surface area (Å²) < 4.78 is 13.5. The van der Waals surface area contributed by atoms with Crippen LogP contribution in [0.1, 0.15) is 23.6 Å². The van der Waals surface area contributed by atoms with Crippen molar-refractivity contribution in [2.24, 2.45) is 0 Å². The molecule has 8 heteroatoms. The molecular formula is C19H16N4O4. The second-order valence-corrected chi connectivity index (χ2v) is 6.18. The molecule has 0 fully saturated rings. The molecule has 3 aromatic rings. The molecule has 0 bridgehead atoms. The first-order valence-electron chi connectivity index (χ1n) is 8.48. The summed E-state index contributed by atoms with van der Waals surface area (Å²) in [6, 6.07) is 9.25. The van der Waals surface area contributed by atoms with Crippen molar-refractivity contribution in [1.29, 1.82) is 5.26 Å². The number of hydrogen-bond donors (Lipinski definition) is 0. The molecule has 0 atom stereocenters. The maximum Gasteiger partial charge on any atom is 0.331 e. The highest BCUT2D eigenvalue weighted by Gasteiger charge is 2.23. The van der Waals surface area contributed by atoms with Crippen molar-refractivity contribution >= 4 is 0 Å². The Morgan fingerprint density at radius 2 is 2.15 bits per heavy atom. The van der Waals surface area contributed by atoms with E-state index in [1.54, 1.807) is 13.2 Å². The molecule has 0 radical (unpaired) electrons. The van der Waals surface area contributed by atoms with E-state index in [-0.39, 0.29) is 18.0 Å². The summed E-state index contributed by atoms with van der Waals surface area (Å²) in [6.07, 6.45) is 2.82. The first-order valence-corrected chi connectivity index (χ1v) is 8.48. The van der Waals surface area contributed by atoms with Crippen LogP contribution in [0.25, 0.3) is 11.3 Å². The Kier molecular flexibility index (Phi) is 4.12.